The predicted molar refractivity (Wildman–Crippen MR) is 111 cm³/mol. The van der Waals surface area contributed by atoms with Crippen LogP contribution in [0.15, 0.2) is 48.5 Å². The number of amides is 1. The lowest BCUT2D eigenvalue weighted by atomic mass is 10.1. The largest absolute Gasteiger partial charge is 0.337 e. The fraction of sp³-hybridized carbons (Fsp3) is 0.333. The van der Waals surface area contributed by atoms with Gasteiger partial charge >= 0.3 is 0 Å². The van der Waals surface area contributed by atoms with E-state index >= 15 is 0 Å². The molecular formula is C21H25ClN4O. The summed E-state index contributed by atoms with van der Waals surface area (Å²) in [7, 11) is 1.90. The topological polar surface area (TPSA) is 50.2 Å². The number of rotatable bonds is 4. The molecule has 0 bridgehead atoms. The molecular weight excluding hydrogens is 360 g/mol. The first-order chi connectivity index (χ1) is 12.6. The molecule has 0 spiro atoms. The number of aromatic nitrogens is 2. The molecule has 1 atom stereocenters. The third kappa shape index (κ3) is 3.84. The number of para-hydroxylation sites is 2. The second-order valence-corrected chi connectivity index (χ2v) is 6.99. The van der Waals surface area contributed by atoms with E-state index in [1.165, 1.54) is 0 Å². The van der Waals surface area contributed by atoms with Crippen LogP contribution >= 0.6 is 12.4 Å². The van der Waals surface area contributed by atoms with Crippen molar-refractivity contribution < 1.29 is 4.79 Å². The molecule has 1 aromatic heterocycles. The number of halogens is 1. The molecule has 0 radical (unpaired) electrons. The Bertz CT molecular complexity index is 929. The SMILES string of the molecule is Cc1nc2ccccc2n1Cc1ccc(C(=O)N(C)[C@@H]2CCNC2)cc1.Cl. The van der Waals surface area contributed by atoms with E-state index in [1.807, 2.05) is 61.3 Å². The van der Waals surface area contributed by atoms with Crippen molar-refractivity contribution in [3.8, 4) is 0 Å². The first-order valence-electron chi connectivity index (χ1n) is 9.12. The van der Waals surface area contributed by atoms with Gasteiger partial charge in [0.2, 0.25) is 0 Å². The Balaban J connectivity index is 0.00000210. The van der Waals surface area contributed by atoms with Crippen molar-refractivity contribution in [2.24, 2.45) is 0 Å². The lowest BCUT2D eigenvalue weighted by Crippen LogP contribution is -2.38. The standard InChI is InChI=1S/C21H24N4O.ClH/c1-15-23-19-5-3-4-6-20(19)25(15)14-16-7-9-17(10-8-16)21(26)24(2)18-11-12-22-13-18;/h3-10,18,22H,11-14H2,1-2H3;1H/t18-;/m1./s1. The Morgan fingerprint density at radius 3 is 2.67 bits per heavy atom. The fourth-order valence-corrected chi connectivity index (χ4v) is 3.67. The second-order valence-electron chi connectivity index (χ2n) is 6.99. The normalized spacial score (nSPS) is 16.3. The quantitative estimate of drug-likeness (QED) is 0.751. The van der Waals surface area contributed by atoms with Crippen molar-refractivity contribution in [1.29, 1.82) is 0 Å². The molecule has 2 aromatic carbocycles. The van der Waals surface area contributed by atoms with Crippen LogP contribution in [-0.2, 0) is 6.54 Å². The van der Waals surface area contributed by atoms with Crippen molar-refractivity contribution in [3.05, 3.63) is 65.5 Å². The summed E-state index contributed by atoms with van der Waals surface area (Å²) < 4.78 is 2.21. The first-order valence-corrected chi connectivity index (χ1v) is 9.12. The van der Waals surface area contributed by atoms with Gasteiger partial charge in [0.25, 0.3) is 5.91 Å². The van der Waals surface area contributed by atoms with E-state index in [0.717, 1.165) is 54.0 Å². The summed E-state index contributed by atoms with van der Waals surface area (Å²) in [5.74, 6) is 1.09. The highest BCUT2D eigenvalue weighted by atomic mass is 35.5. The Labute approximate surface area is 165 Å². The van der Waals surface area contributed by atoms with E-state index in [4.69, 9.17) is 0 Å². The van der Waals surface area contributed by atoms with Gasteiger partial charge in [0.1, 0.15) is 5.82 Å². The van der Waals surface area contributed by atoms with Gasteiger partial charge in [-0.1, -0.05) is 24.3 Å². The van der Waals surface area contributed by atoms with Crippen LogP contribution in [0.5, 0.6) is 0 Å². The zero-order valence-corrected chi connectivity index (χ0v) is 16.5. The maximum absolute atomic E-state index is 12.7. The highest BCUT2D eigenvalue weighted by Crippen LogP contribution is 2.18. The van der Waals surface area contributed by atoms with Gasteiger partial charge < -0.3 is 14.8 Å². The Hall–Kier alpha value is -2.37. The number of nitrogens with zero attached hydrogens (tertiary/aromatic N) is 3. The number of carbonyl (C=O) groups is 1. The van der Waals surface area contributed by atoms with Crippen molar-refractivity contribution in [2.45, 2.75) is 25.9 Å². The van der Waals surface area contributed by atoms with E-state index in [0.29, 0.717) is 6.04 Å². The van der Waals surface area contributed by atoms with Crippen molar-refractivity contribution in [2.75, 3.05) is 20.1 Å². The number of aryl methyl sites for hydroxylation is 1. The molecule has 1 saturated heterocycles. The molecule has 0 unspecified atom stereocenters. The van der Waals surface area contributed by atoms with Crippen LogP contribution in [-0.4, -0.2) is 46.5 Å². The Morgan fingerprint density at radius 2 is 1.96 bits per heavy atom. The molecule has 142 valence electrons. The van der Waals surface area contributed by atoms with Crippen LogP contribution in [0.2, 0.25) is 0 Å². The predicted octanol–water partition coefficient (Wildman–Crippen LogP) is 3.25. The van der Waals surface area contributed by atoms with Crippen LogP contribution in [0.25, 0.3) is 11.0 Å². The molecule has 27 heavy (non-hydrogen) atoms. The van der Waals surface area contributed by atoms with E-state index in [2.05, 4.69) is 20.9 Å². The third-order valence-corrected chi connectivity index (χ3v) is 5.29. The van der Waals surface area contributed by atoms with Gasteiger partial charge in [-0.3, -0.25) is 4.79 Å². The molecule has 1 fully saturated rings. The average molecular weight is 385 g/mol. The molecule has 1 amide bonds. The molecule has 2 heterocycles. The number of imidazole rings is 1. The average Bonchev–Trinajstić information content (AvgIpc) is 3.30. The van der Waals surface area contributed by atoms with E-state index in [1.54, 1.807) is 0 Å². The minimum atomic E-state index is 0. The Morgan fingerprint density at radius 1 is 1.22 bits per heavy atom. The highest BCUT2D eigenvalue weighted by Gasteiger charge is 2.23. The van der Waals surface area contributed by atoms with Gasteiger partial charge in [0, 0.05) is 31.7 Å². The zero-order valence-electron chi connectivity index (χ0n) is 15.7. The lowest BCUT2D eigenvalue weighted by Gasteiger charge is -2.23. The van der Waals surface area contributed by atoms with Crippen LogP contribution in [0.4, 0.5) is 0 Å². The van der Waals surface area contributed by atoms with Crippen LogP contribution < -0.4 is 5.32 Å². The first kappa shape index (κ1) is 19.4. The maximum Gasteiger partial charge on any atom is 0.253 e. The molecule has 1 aliphatic heterocycles. The van der Waals surface area contributed by atoms with E-state index < -0.39 is 0 Å². The Kier molecular flexibility index (Phi) is 5.82. The number of benzene rings is 2. The molecule has 3 aromatic rings. The zero-order chi connectivity index (χ0) is 18.1. The summed E-state index contributed by atoms with van der Waals surface area (Å²) in [6.45, 7) is 4.65. The van der Waals surface area contributed by atoms with Gasteiger partial charge in [-0.05, 0) is 49.7 Å². The van der Waals surface area contributed by atoms with E-state index in [-0.39, 0.29) is 18.3 Å². The van der Waals surface area contributed by atoms with Gasteiger partial charge in [0.05, 0.1) is 11.0 Å². The van der Waals surface area contributed by atoms with Gasteiger partial charge in [-0.15, -0.1) is 12.4 Å². The smallest absolute Gasteiger partial charge is 0.253 e. The van der Waals surface area contributed by atoms with Gasteiger partial charge in [-0.25, -0.2) is 4.98 Å². The minimum absolute atomic E-state index is 0. The fourth-order valence-electron chi connectivity index (χ4n) is 3.67. The molecule has 1 N–H and O–H groups in total. The highest BCUT2D eigenvalue weighted by molar-refractivity contribution is 5.94. The van der Waals surface area contributed by atoms with Crippen LogP contribution in [0, 0.1) is 6.92 Å². The molecule has 1 aliphatic rings. The summed E-state index contributed by atoms with van der Waals surface area (Å²) in [5, 5.41) is 3.31. The van der Waals surface area contributed by atoms with Crippen molar-refractivity contribution in [1.82, 2.24) is 19.8 Å². The number of likely N-dealkylation sites (N-methyl/N-ethyl adjacent to an activating group) is 1. The summed E-state index contributed by atoms with van der Waals surface area (Å²) >= 11 is 0. The molecule has 0 aliphatic carbocycles. The summed E-state index contributed by atoms with van der Waals surface area (Å²) in [6, 6.07) is 16.4. The van der Waals surface area contributed by atoms with Crippen LogP contribution in [0.3, 0.4) is 0 Å². The molecule has 5 nitrogen and oxygen atoms in total. The summed E-state index contributed by atoms with van der Waals surface area (Å²) in [5.41, 5.74) is 4.07. The van der Waals surface area contributed by atoms with Crippen molar-refractivity contribution in [3.63, 3.8) is 0 Å². The van der Waals surface area contributed by atoms with Gasteiger partial charge in [0.15, 0.2) is 0 Å². The maximum atomic E-state index is 12.7. The molecule has 0 saturated carbocycles. The third-order valence-electron chi connectivity index (χ3n) is 5.29. The monoisotopic (exact) mass is 384 g/mol. The lowest BCUT2D eigenvalue weighted by molar-refractivity contribution is 0.0744. The number of nitrogens with one attached hydrogen (secondary N) is 1. The van der Waals surface area contributed by atoms with Gasteiger partial charge in [-0.2, -0.15) is 0 Å². The molecule has 6 heteroatoms. The molecule has 4 rings (SSSR count). The number of carbonyl (C=O) groups excluding carboxylic acids is 1. The number of fused-ring (bicyclic) bond motifs is 1. The summed E-state index contributed by atoms with van der Waals surface area (Å²) in [6.07, 6.45) is 1.02. The summed E-state index contributed by atoms with van der Waals surface area (Å²) in [4.78, 5) is 19.2. The van der Waals surface area contributed by atoms with E-state index in [9.17, 15) is 4.79 Å². The second kappa shape index (κ2) is 8.11. The number of hydrogen-bond acceptors (Lipinski definition) is 3. The van der Waals surface area contributed by atoms with Crippen LogP contribution in [0.1, 0.15) is 28.2 Å². The number of hydrogen-bond donors (Lipinski definition) is 1. The minimum Gasteiger partial charge on any atom is -0.337 e. The van der Waals surface area contributed by atoms with Crippen molar-refractivity contribution >= 4 is 29.3 Å².